The van der Waals surface area contributed by atoms with Crippen LogP contribution in [0.2, 0.25) is 0 Å². The van der Waals surface area contributed by atoms with Crippen molar-refractivity contribution in [3.8, 4) is 0 Å². The predicted molar refractivity (Wildman–Crippen MR) is 75.7 cm³/mol. The predicted octanol–water partition coefficient (Wildman–Crippen LogP) is -0.0583. The van der Waals surface area contributed by atoms with E-state index in [9.17, 15) is 5.11 Å². The summed E-state index contributed by atoms with van der Waals surface area (Å²) in [6, 6.07) is 1.99. The van der Waals surface area contributed by atoms with Crippen LogP contribution in [0.3, 0.4) is 0 Å². The maximum Gasteiger partial charge on any atom is 0.160 e. The molecule has 0 fully saturated rings. The number of rotatable bonds is 2. The average Bonchev–Trinajstić information content (AvgIpc) is 3.03. The molecule has 19 heavy (non-hydrogen) atoms. The quantitative estimate of drug-likeness (QED) is 0.803. The number of nitrogens with one attached hydrogen (secondary N) is 1. The highest BCUT2D eigenvalue weighted by Crippen LogP contribution is 2.21. The van der Waals surface area contributed by atoms with Gasteiger partial charge in [0.2, 0.25) is 0 Å². The second kappa shape index (κ2) is 4.64. The summed E-state index contributed by atoms with van der Waals surface area (Å²) in [5, 5.41) is 15.0. The molecule has 1 aliphatic heterocycles. The van der Waals surface area contributed by atoms with Crippen LogP contribution in [-0.4, -0.2) is 22.1 Å². The maximum absolute atomic E-state index is 9.18. The highest BCUT2D eigenvalue weighted by Gasteiger charge is 2.20. The number of anilines is 1. The van der Waals surface area contributed by atoms with Crippen molar-refractivity contribution in [3.05, 3.63) is 38.8 Å². The van der Waals surface area contributed by atoms with E-state index in [0.717, 1.165) is 32.5 Å². The van der Waals surface area contributed by atoms with E-state index in [4.69, 9.17) is 0 Å². The molecule has 3 rings (SSSR count). The molecule has 0 atom stereocenters. The monoisotopic (exact) mass is 274 g/mol. The third-order valence-corrected chi connectivity index (χ3v) is 4.00. The van der Waals surface area contributed by atoms with E-state index in [1.165, 1.54) is 0 Å². The molecular formula is C13H14N4OS. The van der Waals surface area contributed by atoms with Crippen molar-refractivity contribution < 1.29 is 5.11 Å². The van der Waals surface area contributed by atoms with E-state index in [2.05, 4.69) is 15.4 Å². The zero-order chi connectivity index (χ0) is 13.4. The Hall–Kier alpha value is -1.92. The number of aromatic nitrogens is 2. The van der Waals surface area contributed by atoms with E-state index in [1.807, 2.05) is 36.5 Å². The van der Waals surface area contributed by atoms with Gasteiger partial charge in [0.05, 0.1) is 22.9 Å². The van der Waals surface area contributed by atoms with Gasteiger partial charge in [-0.15, -0.1) is 11.3 Å². The van der Waals surface area contributed by atoms with Crippen LogP contribution in [0.5, 0.6) is 0 Å². The van der Waals surface area contributed by atoms with Crippen molar-refractivity contribution in [1.82, 2.24) is 15.4 Å². The summed E-state index contributed by atoms with van der Waals surface area (Å²) in [4.78, 5) is 9.57. The van der Waals surface area contributed by atoms with Crippen molar-refractivity contribution in [1.29, 1.82) is 0 Å². The third-order valence-electron chi connectivity index (χ3n) is 3.08. The summed E-state index contributed by atoms with van der Waals surface area (Å²) in [6.07, 6.45) is 3.54. The summed E-state index contributed by atoms with van der Waals surface area (Å²) in [5.74, 6) is 0.870. The number of hydrogen-bond acceptors (Lipinski definition) is 6. The van der Waals surface area contributed by atoms with Gasteiger partial charge in [-0.05, 0) is 13.0 Å². The zero-order valence-corrected chi connectivity index (χ0v) is 11.5. The highest BCUT2D eigenvalue weighted by atomic mass is 32.1. The topological polar surface area (TPSA) is 61.3 Å². The molecule has 0 saturated heterocycles. The fourth-order valence-electron chi connectivity index (χ4n) is 2.18. The van der Waals surface area contributed by atoms with E-state index in [0.29, 0.717) is 0 Å². The van der Waals surface area contributed by atoms with Crippen molar-refractivity contribution in [3.63, 3.8) is 0 Å². The first-order chi connectivity index (χ1) is 9.24. The number of fused-ring (bicyclic) bond motifs is 1. The standard InChI is InChI=1S/C13H14N4OS/c1-3-10-11-12(8-4-9(5-18)19-6-8)16-17(2)13(11)15-7-14-10/h3-4,6-7,16,18H,5H2,1-2H3. The largest absolute Gasteiger partial charge is 0.391 e. The Bertz CT molecular complexity index is 737. The van der Waals surface area contributed by atoms with E-state index >= 15 is 0 Å². The number of aliphatic hydroxyl groups is 1. The lowest BCUT2D eigenvalue weighted by Crippen LogP contribution is -2.31. The molecule has 3 heterocycles. The second-order valence-electron chi connectivity index (χ2n) is 4.25. The number of nitrogens with zero attached hydrogens (tertiary/aromatic N) is 3. The molecule has 0 amide bonds. The van der Waals surface area contributed by atoms with Crippen LogP contribution in [0.15, 0.2) is 17.8 Å². The number of thiophene rings is 1. The van der Waals surface area contributed by atoms with Gasteiger partial charge in [0.1, 0.15) is 6.33 Å². The van der Waals surface area contributed by atoms with Gasteiger partial charge < -0.3 is 5.11 Å². The lowest BCUT2D eigenvalue weighted by Gasteiger charge is -2.13. The summed E-state index contributed by atoms with van der Waals surface area (Å²) in [5.41, 5.74) is 5.34. The molecule has 0 radical (unpaired) electrons. The smallest absolute Gasteiger partial charge is 0.160 e. The van der Waals surface area contributed by atoms with Crippen LogP contribution in [0.1, 0.15) is 17.4 Å². The van der Waals surface area contributed by atoms with Gasteiger partial charge in [-0.3, -0.25) is 10.4 Å². The van der Waals surface area contributed by atoms with Crippen molar-refractivity contribution >= 4 is 28.9 Å². The van der Waals surface area contributed by atoms with Gasteiger partial charge in [-0.25, -0.2) is 9.97 Å². The number of hydrogen-bond donors (Lipinski definition) is 2. The third kappa shape index (κ3) is 1.89. The van der Waals surface area contributed by atoms with E-state index in [1.54, 1.807) is 17.7 Å². The van der Waals surface area contributed by atoms with Gasteiger partial charge in [0.15, 0.2) is 5.82 Å². The van der Waals surface area contributed by atoms with E-state index in [-0.39, 0.29) is 6.61 Å². The summed E-state index contributed by atoms with van der Waals surface area (Å²) in [7, 11) is 1.93. The molecule has 98 valence electrons. The van der Waals surface area contributed by atoms with Gasteiger partial charge in [0, 0.05) is 22.9 Å². The molecule has 0 bridgehead atoms. The minimum Gasteiger partial charge on any atom is -0.391 e. The molecule has 2 aromatic rings. The lowest BCUT2D eigenvalue weighted by molar-refractivity contribution is 0.285. The Labute approximate surface area is 114 Å². The van der Waals surface area contributed by atoms with Crippen LogP contribution < -0.4 is 21.0 Å². The fourth-order valence-corrected chi connectivity index (χ4v) is 2.92. The van der Waals surface area contributed by atoms with Crippen molar-refractivity contribution in [2.45, 2.75) is 13.5 Å². The van der Waals surface area contributed by atoms with Gasteiger partial charge in [0.25, 0.3) is 0 Å². The van der Waals surface area contributed by atoms with Crippen LogP contribution in [0, 0.1) is 0 Å². The Morgan fingerprint density at radius 3 is 3.00 bits per heavy atom. The molecular weight excluding hydrogens is 260 g/mol. The van der Waals surface area contributed by atoms with Crippen LogP contribution in [0.4, 0.5) is 5.82 Å². The normalized spacial score (nSPS) is 14.8. The first-order valence-corrected chi connectivity index (χ1v) is 6.83. The van der Waals surface area contributed by atoms with Crippen LogP contribution in [0.25, 0.3) is 11.8 Å². The zero-order valence-electron chi connectivity index (χ0n) is 10.7. The van der Waals surface area contributed by atoms with Gasteiger partial charge in [-0.1, -0.05) is 6.08 Å². The maximum atomic E-state index is 9.18. The fraction of sp³-hybridized carbons (Fsp3) is 0.231. The number of aliphatic hydroxyl groups excluding tert-OH is 1. The minimum atomic E-state index is 0.0681. The molecule has 1 aliphatic rings. The summed E-state index contributed by atoms with van der Waals surface area (Å²) < 4.78 is 0. The minimum absolute atomic E-state index is 0.0681. The molecule has 0 spiro atoms. The van der Waals surface area contributed by atoms with Gasteiger partial charge >= 0.3 is 0 Å². The van der Waals surface area contributed by atoms with Gasteiger partial charge in [-0.2, -0.15) is 0 Å². The summed E-state index contributed by atoms with van der Waals surface area (Å²) in [6.45, 7) is 2.03. The molecule has 6 heteroatoms. The Morgan fingerprint density at radius 2 is 2.32 bits per heavy atom. The lowest BCUT2D eigenvalue weighted by atomic mass is 10.2. The molecule has 0 aromatic carbocycles. The molecule has 0 unspecified atom stereocenters. The first-order valence-electron chi connectivity index (χ1n) is 5.95. The Morgan fingerprint density at radius 1 is 1.47 bits per heavy atom. The van der Waals surface area contributed by atoms with Crippen molar-refractivity contribution in [2.24, 2.45) is 0 Å². The highest BCUT2D eigenvalue weighted by molar-refractivity contribution is 7.10. The molecule has 0 aliphatic carbocycles. The average molecular weight is 274 g/mol. The summed E-state index contributed by atoms with van der Waals surface area (Å²) >= 11 is 1.55. The first kappa shape index (κ1) is 12.1. The Balaban J connectivity index is 2.30. The number of hydrazine groups is 1. The van der Waals surface area contributed by atoms with Crippen LogP contribution in [-0.2, 0) is 6.61 Å². The molecule has 2 N–H and O–H groups in total. The second-order valence-corrected chi connectivity index (χ2v) is 5.25. The molecule has 0 saturated carbocycles. The van der Waals surface area contributed by atoms with Crippen LogP contribution >= 0.6 is 11.3 Å². The molecule has 2 aromatic heterocycles. The van der Waals surface area contributed by atoms with Crippen molar-refractivity contribution in [2.75, 3.05) is 12.1 Å². The SMILES string of the molecule is CC=c1ncnc2c1=C(c1csc(CO)c1)NN2C. The molecule has 5 nitrogen and oxygen atoms in total. The van der Waals surface area contributed by atoms with E-state index < -0.39 is 0 Å². The Kier molecular flexibility index (Phi) is 2.96.